The van der Waals surface area contributed by atoms with E-state index in [4.69, 9.17) is 9.79 Å². The van der Waals surface area contributed by atoms with Crippen LogP contribution in [0.2, 0.25) is 0 Å². The maximum Gasteiger partial charge on any atom is 0.372 e. The summed E-state index contributed by atoms with van der Waals surface area (Å²) in [5, 5.41) is 0. The third kappa shape index (κ3) is 1.98. The second-order valence-corrected chi connectivity index (χ2v) is 3.37. The van der Waals surface area contributed by atoms with Gasteiger partial charge in [0.1, 0.15) is 5.44 Å². The number of hydrogen-bond acceptors (Lipinski definition) is 3. The first-order valence-electron chi connectivity index (χ1n) is 2.61. The van der Waals surface area contributed by atoms with Crippen LogP contribution >= 0.6 is 7.60 Å². The van der Waals surface area contributed by atoms with Gasteiger partial charge in [-0.3, -0.25) is 9.55 Å². The van der Waals surface area contributed by atoms with E-state index in [1.807, 2.05) is 4.98 Å². The molecule has 0 aliphatic carbocycles. The fourth-order valence-corrected chi connectivity index (χ4v) is 1.03. The number of hydrogen-bond donors (Lipinski definition) is 3. The van der Waals surface area contributed by atoms with Gasteiger partial charge >= 0.3 is 13.3 Å². The molecule has 0 unspecified atom stereocenters. The van der Waals surface area contributed by atoms with E-state index in [9.17, 15) is 9.36 Å². The normalized spacial score (nSPS) is 11.5. The first kappa shape index (κ1) is 8.13. The van der Waals surface area contributed by atoms with E-state index in [0.29, 0.717) is 0 Å². The number of nitrogens with zero attached hydrogens (tertiary/aromatic N) is 1. The Morgan fingerprint density at radius 2 is 2.18 bits per heavy atom. The Bertz CT molecular complexity index is 353. The van der Waals surface area contributed by atoms with Gasteiger partial charge in [0.05, 0.1) is 0 Å². The van der Waals surface area contributed by atoms with Crippen LogP contribution in [-0.4, -0.2) is 19.8 Å². The van der Waals surface area contributed by atoms with Gasteiger partial charge in [-0.2, -0.15) is 0 Å². The molecule has 0 saturated carbocycles. The first-order valence-corrected chi connectivity index (χ1v) is 4.23. The summed E-state index contributed by atoms with van der Waals surface area (Å²) in [6.45, 7) is 0. The van der Waals surface area contributed by atoms with E-state index < -0.39 is 18.7 Å². The van der Waals surface area contributed by atoms with Crippen molar-refractivity contribution in [2.45, 2.75) is 0 Å². The molecule has 0 fully saturated rings. The van der Waals surface area contributed by atoms with Gasteiger partial charge in [0.2, 0.25) is 0 Å². The lowest BCUT2D eigenvalue weighted by Crippen LogP contribution is -2.21. The highest BCUT2D eigenvalue weighted by Crippen LogP contribution is 2.30. The molecule has 1 aromatic rings. The standard InChI is InChI=1S/C4H5N2O4P/c7-4-5-2-1-3(6-4)11(8,9)10/h1-2H,(H,5,6,7)(H2,8,9,10). The van der Waals surface area contributed by atoms with Crippen LogP contribution in [0.15, 0.2) is 17.1 Å². The second kappa shape index (κ2) is 2.58. The number of rotatable bonds is 1. The van der Waals surface area contributed by atoms with E-state index in [1.165, 1.54) is 0 Å². The van der Waals surface area contributed by atoms with Crippen LogP contribution in [0.25, 0.3) is 0 Å². The molecule has 0 spiro atoms. The molecule has 60 valence electrons. The third-order valence-electron chi connectivity index (χ3n) is 0.973. The minimum absolute atomic E-state index is 0.419. The van der Waals surface area contributed by atoms with Gasteiger partial charge in [-0.25, -0.2) is 9.78 Å². The SMILES string of the molecule is O=c1nccc(P(=O)(O)O)[nH]1. The summed E-state index contributed by atoms with van der Waals surface area (Å²) in [7, 11) is -4.34. The van der Waals surface area contributed by atoms with Crippen LogP contribution in [-0.2, 0) is 4.57 Å². The molecule has 3 N–H and O–H groups in total. The topological polar surface area (TPSA) is 103 Å². The molecule has 1 rings (SSSR count). The quantitative estimate of drug-likeness (QED) is 0.455. The lowest BCUT2D eigenvalue weighted by atomic mass is 10.7. The fraction of sp³-hybridized carbons (Fsp3) is 0. The zero-order valence-electron chi connectivity index (χ0n) is 5.26. The molecular formula is C4H5N2O4P. The van der Waals surface area contributed by atoms with Crippen LogP contribution in [0.4, 0.5) is 0 Å². The number of H-pyrrole nitrogens is 1. The molecule has 1 aromatic heterocycles. The largest absolute Gasteiger partial charge is 0.372 e. The molecule has 0 aromatic carbocycles. The number of nitrogens with one attached hydrogen (secondary N) is 1. The van der Waals surface area contributed by atoms with Crippen molar-refractivity contribution in [1.82, 2.24) is 9.97 Å². The zero-order chi connectivity index (χ0) is 8.48. The Morgan fingerprint density at radius 1 is 1.55 bits per heavy atom. The van der Waals surface area contributed by atoms with Crippen molar-refractivity contribution in [1.29, 1.82) is 0 Å². The van der Waals surface area contributed by atoms with Gasteiger partial charge < -0.3 is 9.79 Å². The van der Waals surface area contributed by atoms with Crippen molar-refractivity contribution >= 4 is 13.0 Å². The van der Waals surface area contributed by atoms with Crippen molar-refractivity contribution in [3.63, 3.8) is 0 Å². The Hall–Kier alpha value is -0.970. The number of aromatic amines is 1. The Labute approximate surface area is 61.1 Å². The van der Waals surface area contributed by atoms with Crippen LogP contribution in [0.1, 0.15) is 0 Å². The molecular weight excluding hydrogens is 171 g/mol. The number of aromatic nitrogens is 2. The van der Waals surface area contributed by atoms with E-state index in [-0.39, 0.29) is 0 Å². The summed E-state index contributed by atoms with van der Waals surface area (Å²) in [5.41, 5.74) is -1.19. The monoisotopic (exact) mass is 176 g/mol. The van der Waals surface area contributed by atoms with Gasteiger partial charge in [0.25, 0.3) is 0 Å². The summed E-state index contributed by atoms with van der Waals surface area (Å²) in [5.74, 6) is 0. The van der Waals surface area contributed by atoms with Gasteiger partial charge in [0.15, 0.2) is 0 Å². The molecule has 0 bridgehead atoms. The Morgan fingerprint density at radius 3 is 2.55 bits per heavy atom. The average molecular weight is 176 g/mol. The van der Waals surface area contributed by atoms with Gasteiger partial charge in [0, 0.05) is 6.20 Å². The summed E-state index contributed by atoms with van der Waals surface area (Å²) >= 11 is 0. The molecule has 0 aliphatic rings. The van der Waals surface area contributed by atoms with E-state index in [1.54, 1.807) is 0 Å². The van der Waals surface area contributed by atoms with Gasteiger partial charge in [-0.15, -0.1) is 0 Å². The lowest BCUT2D eigenvalue weighted by Gasteiger charge is -2.00. The lowest BCUT2D eigenvalue weighted by molar-refractivity contribution is 0.386. The second-order valence-electron chi connectivity index (χ2n) is 1.80. The minimum Gasteiger partial charge on any atom is -0.320 e. The van der Waals surface area contributed by atoms with Gasteiger partial charge in [-0.05, 0) is 6.07 Å². The predicted molar refractivity (Wildman–Crippen MR) is 36.5 cm³/mol. The average Bonchev–Trinajstić information content (AvgIpc) is 1.86. The minimum atomic E-state index is -4.34. The van der Waals surface area contributed by atoms with Crippen molar-refractivity contribution in [3.05, 3.63) is 22.7 Å². The maximum atomic E-state index is 10.5. The molecule has 11 heavy (non-hydrogen) atoms. The molecule has 6 nitrogen and oxygen atoms in total. The zero-order valence-corrected chi connectivity index (χ0v) is 6.15. The van der Waals surface area contributed by atoms with Crippen molar-refractivity contribution in [3.8, 4) is 0 Å². The first-order chi connectivity index (χ1) is 5.00. The molecule has 1 heterocycles. The van der Waals surface area contributed by atoms with Crippen LogP contribution in [0, 0.1) is 0 Å². The van der Waals surface area contributed by atoms with Crippen LogP contribution < -0.4 is 11.1 Å². The summed E-state index contributed by atoms with van der Waals surface area (Å²) in [6, 6.07) is 1.06. The highest BCUT2D eigenvalue weighted by Gasteiger charge is 2.17. The predicted octanol–water partition coefficient (Wildman–Crippen LogP) is -1.43. The summed E-state index contributed by atoms with van der Waals surface area (Å²) < 4.78 is 10.5. The van der Waals surface area contributed by atoms with Gasteiger partial charge in [-0.1, -0.05) is 0 Å². The van der Waals surface area contributed by atoms with Crippen molar-refractivity contribution < 1.29 is 14.4 Å². The molecule has 0 aliphatic heterocycles. The van der Waals surface area contributed by atoms with E-state index >= 15 is 0 Å². The molecule has 0 amide bonds. The maximum absolute atomic E-state index is 10.5. The summed E-state index contributed by atoms with van der Waals surface area (Å²) in [4.78, 5) is 32.6. The fourth-order valence-electron chi connectivity index (χ4n) is 0.529. The van der Waals surface area contributed by atoms with Crippen LogP contribution in [0.5, 0.6) is 0 Å². The smallest absolute Gasteiger partial charge is 0.320 e. The summed E-state index contributed by atoms with van der Waals surface area (Å²) in [6.07, 6.45) is 1.03. The van der Waals surface area contributed by atoms with Crippen LogP contribution in [0.3, 0.4) is 0 Å². The Kier molecular flexibility index (Phi) is 1.90. The highest BCUT2D eigenvalue weighted by molar-refractivity contribution is 7.59. The highest BCUT2D eigenvalue weighted by atomic mass is 31.2. The van der Waals surface area contributed by atoms with Crippen molar-refractivity contribution in [2.24, 2.45) is 0 Å². The molecule has 0 radical (unpaired) electrons. The third-order valence-corrected chi connectivity index (χ3v) is 1.86. The molecule has 7 heteroatoms. The van der Waals surface area contributed by atoms with E-state index in [2.05, 4.69) is 4.98 Å². The molecule has 0 saturated heterocycles. The van der Waals surface area contributed by atoms with Crippen molar-refractivity contribution in [2.75, 3.05) is 0 Å². The molecule has 0 atom stereocenters. The Balaban J connectivity index is 3.28. The van der Waals surface area contributed by atoms with E-state index in [0.717, 1.165) is 12.3 Å².